The molecule has 0 aliphatic rings. The molecule has 104 valence electrons. The Morgan fingerprint density at radius 3 is 2.63 bits per heavy atom. The van der Waals surface area contributed by atoms with Crippen LogP contribution in [0.2, 0.25) is 0 Å². The number of alkyl halides is 2. The monoisotopic (exact) mass is 301 g/mol. The lowest BCUT2D eigenvalue weighted by Gasteiger charge is -2.22. The second kappa shape index (κ2) is 7.14. The number of benzene rings is 1. The summed E-state index contributed by atoms with van der Waals surface area (Å²) >= 11 is 12.2. The van der Waals surface area contributed by atoms with Crippen molar-refractivity contribution in [3.05, 3.63) is 35.1 Å². The highest BCUT2D eigenvalue weighted by molar-refractivity contribution is 6.48. The summed E-state index contributed by atoms with van der Waals surface area (Å²) in [5.41, 5.74) is 1.32. The van der Waals surface area contributed by atoms with Gasteiger partial charge in [0.05, 0.1) is 0 Å². The third kappa shape index (κ3) is 5.40. The molecule has 1 N–H and O–H groups in total. The molecular weight excluding hydrogens is 284 g/mol. The zero-order chi connectivity index (χ0) is 14.5. The van der Waals surface area contributed by atoms with Crippen LogP contribution in [0.1, 0.15) is 31.4 Å². The van der Waals surface area contributed by atoms with Crippen LogP contribution < -0.4 is 5.32 Å². The molecule has 0 aliphatic heterocycles. The highest BCUT2D eigenvalue weighted by Gasteiger charge is 2.27. The SMILES string of the molecule is CCCNC(C#Cc1ccc(F)c(C)c1)C(C)(Cl)Cl. The average molecular weight is 302 g/mol. The molecule has 0 aromatic heterocycles. The first-order chi connectivity index (χ1) is 8.84. The van der Waals surface area contributed by atoms with Crippen molar-refractivity contribution in [1.82, 2.24) is 5.32 Å². The quantitative estimate of drug-likeness (QED) is 0.653. The number of hydrogen-bond donors (Lipinski definition) is 1. The Bertz CT molecular complexity index is 483. The van der Waals surface area contributed by atoms with Crippen molar-refractivity contribution < 1.29 is 4.39 Å². The fraction of sp³-hybridized carbons (Fsp3) is 0.467. The van der Waals surface area contributed by atoms with E-state index in [1.807, 2.05) is 0 Å². The molecule has 0 saturated heterocycles. The molecule has 1 rings (SSSR count). The van der Waals surface area contributed by atoms with Crippen molar-refractivity contribution in [1.29, 1.82) is 0 Å². The average Bonchev–Trinajstić information content (AvgIpc) is 2.32. The van der Waals surface area contributed by atoms with Crippen molar-refractivity contribution in [2.75, 3.05) is 6.54 Å². The van der Waals surface area contributed by atoms with E-state index in [1.165, 1.54) is 6.07 Å². The van der Waals surface area contributed by atoms with Crippen LogP contribution in [-0.4, -0.2) is 16.9 Å². The Morgan fingerprint density at radius 1 is 1.42 bits per heavy atom. The Labute approximate surface area is 124 Å². The van der Waals surface area contributed by atoms with Gasteiger partial charge >= 0.3 is 0 Å². The third-order valence-corrected chi connectivity index (χ3v) is 3.06. The lowest BCUT2D eigenvalue weighted by Crippen LogP contribution is -2.40. The first-order valence-electron chi connectivity index (χ1n) is 6.23. The van der Waals surface area contributed by atoms with E-state index in [4.69, 9.17) is 23.2 Å². The zero-order valence-corrected chi connectivity index (χ0v) is 12.9. The minimum Gasteiger partial charge on any atom is -0.301 e. The molecule has 0 fully saturated rings. The maximum atomic E-state index is 13.2. The van der Waals surface area contributed by atoms with Crippen LogP contribution in [-0.2, 0) is 0 Å². The van der Waals surface area contributed by atoms with Gasteiger partial charge in [0.2, 0.25) is 0 Å². The summed E-state index contributed by atoms with van der Waals surface area (Å²) in [7, 11) is 0. The summed E-state index contributed by atoms with van der Waals surface area (Å²) in [4.78, 5) is 0. The smallest absolute Gasteiger partial charge is 0.141 e. The van der Waals surface area contributed by atoms with E-state index in [0.717, 1.165) is 18.5 Å². The van der Waals surface area contributed by atoms with Crippen molar-refractivity contribution >= 4 is 23.2 Å². The fourth-order valence-electron chi connectivity index (χ4n) is 1.52. The van der Waals surface area contributed by atoms with Gasteiger partial charge in [0.1, 0.15) is 16.2 Å². The van der Waals surface area contributed by atoms with Gasteiger partial charge in [-0.3, -0.25) is 0 Å². The maximum Gasteiger partial charge on any atom is 0.141 e. The van der Waals surface area contributed by atoms with Crippen molar-refractivity contribution in [2.45, 2.75) is 37.6 Å². The molecule has 0 radical (unpaired) electrons. The summed E-state index contributed by atoms with van der Waals surface area (Å²) in [6.07, 6.45) is 0.970. The molecule has 0 aliphatic carbocycles. The van der Waals surface area contributed by atoms with E-state index in [0.29, 0.717) is 5.56 Å². The van der Waals surface area contributed by atoms with Gasteiger partial charge in [0.25, 0.3) is 0 Å². The molecule has 0 bridgehead atoms. The molecule has 1 unspecified atom stereocenters. The number of rotatable bonds is 4. The van der Waals surface area contributed by atoms with Gasteiger partial charge in [-0.25, -0.2) is 4.39 Å². The van der Waals surface area contributed by atoms with Gasteiger partial charge in [0, 0.05) is 5.56 Å². The highest BCUT2D eigenvalue weighted by Crippen LogP contribution is 2.24. The van der Waals surface area contributed by atoms with Gasteiger partial charge in [-0.2, -0.15) is 0 Å². The second-order valence-corrected chi connectivity index (χ2v) is 6.34. The number of nitrogens with one attached hydrogen (secondary N) is 1. The summed E-state index contributed by atoms with van der Waals surface area (Å²) in [5.74, 6) is 5.76. The van der Waals surface area contributed by atoms with Crippen LogP contribution in [0.15, 0.2) is 18.2 Å². The first-order valence-corrected chi connectivity index (χ1v) is 6.99. The molecule has 0 saturated carbocycles. The predicted octanol–water partition coefficient (Wildman–Crippen LogP) is 4.05. The molecule has 1 atom stereocenters. The molecule has 0 spiro atoms. The van der Waals surface area contributed by atoms with Crippen LogP contribution in [0.25, 0.3) is 0 Å². The highest BCUT2D eigenvalue weighted by atomic mass is 35.5. The molecular formula is C15H18Cl2FN. The molecule has 1 aromatic carbocycles. The minimum atomic E-state index is -0.975. The molecule has 4 heteroatoms. The van der Waals surface area contributed by atoms with Gasteiger partial charge in [-0.15, -0.1) is 0 Å². The number of aryl methyl sites for hydroxylation is 1. The van der Waals surface area contributed by atoms with Gasteiger partial charge in [-0.1, -0.05) is 42.0 Å². The van der Waals surface area contributed by atoms with Crippen molar-refractivity contribution in [3.63, 3.8) is 0 Å². The van der Waals surface area contributed by atoms with Crippen molar-refractivity contribution in [3.8, 4) is 11.8 Å². The Kier molecular flexibility index (Phi) is 6.13. The fourth-order valence-corrected chi connectivity index (χ4v) is 1.79. The molecule has 0 amide bonds. The molecule has 19 heavy (non-hydrogen) atoms. The third-order valence-electron chi connectivity index (χ3n) is 2.62. The van der Waals surface area contributed by atoms with Gasteiger partial charge in [0.15, 0.2) is 0 Å². The second-order valence-electron chi connectivity index (χ2n) is 4.58. The summed E-state index contributed by atoms with van der Waals surface area (Å²) < 4.78 is 12.2. The van der Waals surface area contributed by atoms with E-state index in [9.17, 15) is 4.39 Å². The first kappa shape index (κ1) is 16.3. The molecule has 1 aromatic rings. The van der Waals surface area contributed by atoms with Crippen LogP contribution in [0, 0.1) is 24.6 Å². The predicted molar refractivity (Wildman–Crippen MR) is 80.2 cm³/mol. The minimum absolute atomic E-state index is 0.231. The lowest BCUT2D eigenvalue weighted by molar-refractivity contribution is 0.566. The van der Waals surface area contributed by atoms with E-state index in [2.05, 4.69) is 24.1 Å². The maximum absolute atomic E-state index is 13.2. The van der Waals surface area contributed by atoms with Gasteiger partial charge in [-0.05, 0) is 50.6 Å². The summed E-state index contributed by atoms with van der Waals surface area (Å²) in [5, 5.41) is 3.19. The van der Waals surface area contributed by atoms with Crippen LogP contribution in [0.3, 0.4) is 0 Å². The topological polar surface area (TPSA) is 12.0 Å². The largest absolute Gasteiger partial charge is 0.301 e. The molecule has 1 nitrogen and oxygen atoms in total. The van der Waals surface area contributed by atoms with E-state index < -0.39 is 4.33 Å². The van der Waals surface area contributed by atoms with E-state index in [-0.39, 0.29) is 11.9 Å². The van der Waals surface area contributed by atoms with Crippen molar-refractivity contribution in [2.24, 2.45) is 0 Å². The normalized spacial score (nSPS) is 12.7. The standard InChI is InChI=1S/C15H18Cl2FN/c1-4-9-19-14(15(3,16)17)8-6-12-5-7-13(18)11(2)10-12/h5,7,10,14,19H,4,9H2,1-3H3. The van der Waals surface area contributed by atoms with Crippen LogP contribution >= 0.6 is 23.2 Å². The van der Waals surface area contributed by atoms with Gasteiger partial charge < -0.3 is 5.32 Å². The lowest BCUT2D eigenvalue weighted by atomic mass is 10.1. The summed E-state index contributed by atoms with van der Waals surface area (Å²) in [6.45, 7) is 6.26. The number of halogens is 3. The summed E-state index contributed by atoms with van der Waals surface area (Å²) in [6, 6.07) is 4.43. The Hall–Kier alpha value is -0.750. The van der Waals surface area contributed by atoms with E-state index in [1.54, 1.807) is 26.0 Å². The van der Waals surface area contributed by atoms with Crippen LogP contribution in [0.4, 0.5) is 4.39 Å². The Balaban J connectivity index is 2.89. The zero-order valence-electron chi connectivity index (χ0n) is 11.4. The number of hydrogen-bond acceptors (Lipinski definition) is 1. The Morgan fingerprint density at radius 2 is 2.11 bits per heavy atom. The molecule has 0 heterocycles. The van der Waals surface area contributed by atoms with E-state index >= 15 is 0 Å². The van der Waals surface area contributed by atoms with Crippen LogP contribution in [0.5, 0.6) is 0 Å².